The predicted molar refractivity (Wildman–Crippen MR) is 89.9 cm³/mol. The minimum atomic E-state index is -0.781. The molecule has 2 N–H and O–H groups in total. The summed E-state index contributed by atoms with van der Waals surface area (Å²) >= 11 is 1.29. The standard InChI is InChI=1S/C16H15F2N3OS/c1-22-12-7-14(17)13(15(18)8-12)9-20-21-16(19)23-10-11-5-3-2-4-6-11/h2-9H,10H2,1H3,(H2,19,21). The molecular weight excluding hydrogens is 320 g/mol. The largest absolute Gasteiger partial charge is 0.497 e. The highest BCUT2D eigenvalue weighted by atomic mass is 32.2. The molecule has 0 unspecified atom stereocenters. The van der Waals surface area contributed by atoms with Crippen LogP contribution in [0.1, 0.15) is 11.1 Å². The molecule has 4 nitrogen and oxygen atoms in total. The summed E-state index contributed by atoms with van der Waals surface area (Å²) in [7, 11) is 1.33. The maximum atomic E-state index is 13.7. The first-order chi connectivity index (χ1) is 11.1. The molecule has 0 atom stereocenters. The van der Waals surface area contributed by atoms with Gasteiger partial charge in [0.1, 0.15) is 17.4 Å². The van der Waals surface area contributed by atoms with Crippen LogP contribution in [0.3, 0.4) is 0 Å². The molecule has 0 radical (unpaired) electrons. The number of methoxy groups -OCH3 is 1. The van der Waals surface area contributed by atoms with Gasteiger partial charge in [-0.15, -0.1) is 5.10 Å². The van der Waals surface area contributed by atoms with Crippen LogP contribution in [0.2, 0.25) is 0 Å². The van der Waals surface area contributed by atoms with Gasteiger partial charge in [0.05, 0.1) is 18.9 Å². The fourth-order valence-corrected chi connectivity index (χ4v) is 2.32. The lowest BCUT2D eigenvalue weighted by molar-refractivity contribution is 0.406. The second-order valence-corrected chi connectivity index (χ2v) is 5.46. The SMILES string of the molecule is COc1cc(F)c(C=NN=C(N)SCc2ccccc2)c(F)c1. The minimum Gasteiger partial charge on any atom is -0.497 e. The first-order valence-electron chi connectivity index (χ1n) is 6.66. The van der Waals surface area contributed by atoms with Gasteiger partial charge >= 0.3 is 0 Å². The Balaban J connectivity index is 2.00. The highest BCUT2D eigenvalue weighted by Gasteiger charge is 2.09. The van der Waals surface area contributed by atoms with E-state index in [1.165, 1.54) is 18.9 Å². The van der Waals surface area contributed by atoms with Crippen molar-refractivity contribution < 1.29 is 13.5 Å². The first-order valence-corrected chi connectivity index (χ1v) is 7.65. The molecule has 7 heteroatoms. The van der Waals surface area contributed by atoms with Crippen molar-refractivity contribution in [3.63, 3.8) is 0 Å². The number of amidine groups is 1. The second kappa shape index (κ2) is 8.28. The van der Waals surface area contributed by atoms with Crippen LogP contribution in [0.4, 0.5) is 8.78 Å². The summed E-state index contributed by atoms with van der Waals surface area (Å²) in [6.45, 7) is 0. The molecule has 2 rings (SSSR count). The van der Waals surface area contributed by atoms with E-state index in [1.807, 2.05) is 30.3 Å². The predicted octanol–water partition coefficient (Wildman–Crippen LogP) is 3.56. The number of benzene rings is 2. The van der Waals surface area contributed by atoms with Crippen LogP contribution in [0.5, 0.6) is 5.75 Å². The summed E-state index contributed by atoms with van der Waals surface area (Å²) in [6, 6.07) is 11.8. The average Bonchev–Trinajstić information content (AvgIpc) is 2.56. The van der Waals surface area contributed by atoms with Crippen molar-refractivity contribution in [3.05, 3.63) is 65.2 Å². The van der Waals surface area contributed by atoms with Crippen molar-refractivity contribution in [3.8, 4) is 5.75 Å². The van der Waals surface area contributed by atoms with Crippen LogP contribution >= 0.6 is 11.8 Å². The fraction of sp³-hybridized carbons (Fsp3) is 0.125. The number of halogens is 2. The zero-order chi connectivity index (χ0) is 16.7. The molecule has 23 heavy (non-hydrogen) atoms. The molecule has 0 aliphatic carbocycles. The topological polar surface area (TPSA) is 60.0 Å². The molecular formula is C16H15F2N3OS. The van der Waals surface area contributed by atoms with E-state index in [4.69, 9.17) is 10.5 Å². The highest BCUT2D eigenvalue weighted by Crippen LogP contribution is 2.19. The van der Waals surface area contributed by atoms with Gasteiger partial charge in [-0.25, -0.2) is 8.78 Å². The zero-order valence-corrected chi connectivity index (χ0v) is 13.2. The Labute approximate surface area is 137 Å². The third-order valence-electron chi connectivity index (χ3n) is 2.86. The Morgan fingerprint density at radius 1 is 1.22 bits per heavy atom. The van der Waals surface area contributed by atoms with E-state index >= 15 is 0 Å². The number of rotatable bonds is 5. The smallest absolute Gasteiger partial charge is 0.180 e. The van der Waals surface area contributed by atoms with Gasteiger partial charge in [-0.1, -0.05) is 42.1 Å². The van der Waals surface area contributed by atoms with Gasteiger partial charge in [0, 0.05) is 17.9 Å². The van der Waals surface area contributed by atoms with Crippen LogP contribution in [-0.4, -0.2) is 18.5 Å². The Hall–Kier alpha value is -2.41. The summed E-state index contributed by atoms with van der Waals surface area (Å²) in [5.74, 6) is -0.831. The number of hydrogen-bond donors (Lipinski definition) is 1. The van der Waals surface area contributed by atoms with E-state index in [0.29, 0.717) is 5.75 Å². The minimum absolute atomic E-state index is 0.0959. The monoisotopic (exact) mass is 335 g/mol. The fourth-order valence-electron chi connectivity index (χ4n) is 1.71. The van der Waals surface area contributed by atoms with Crippen LogP contribution in [0.15, 0.2) is 52.7 Å². The molecule has 0 aliphatic heterocycles. The number of hydrogen-bond acceptors (Lipinski definition) is 4. The Morgan fingerprint density at radius 3 is 2.48 bits per heavy atom. The van der Waals surface area contributed by atoms with Gasteiger partial charge < -0.3 is 10.5 Å². The van der Waals surface area contributed by atoms with E-state index in [2.05, 4.69) is 10.2 Å². The molecule has 0 spiro atoms. The molecule has 0 saturated heterocycles. The van der Waals surface area contributed by atoms with Crippen LogP contribution in [0, 0.1) is 11.6 Å². The summed E-state index contributed by atoms with van der Waals surface area (Å²) in [5, 5.41) is 7.56. The van der Waals surface area contributed by atoms with Crippen molar-refractivity contribution in [1.29, 1.82) is 0 Å². The Bertz CT molecular complexity index is 698. The van der Waals surface area contributed by atoms with Gasteiger partial charge in [-0.05, 0) is 5.56 Å². The second-order valence-electron chi connectivity index (χ2n) is 4.46. The summed E-state index contributed by atoms with van der Waals surface area (Å²) < 4.78 is 32.2. The van der Waals surface area contributed by atoms with E-state index in [-0.39, 0.29) is 16.5 Å². The maximum Gasteiger partial charge on any atom is 0.180 e. The average molecular weight is 335 g/mol. The Morgan fingerprint density at radius 2 is 1.87 bits per heavy atom. The molecule has 2 aromatic rings. The lowest BCUT2D eigenvalue weighted by atomic mass is 10.2. The van der Waals surface area contributed by atoms with E-state index in [1.54, 1.807) is 0 Å². The van der Waals surface area contributed by atoms with Crippen molar-refractivity contribution in [2.24, 2.45) is 15.9 Å². The summed E-state index contributed by atoms with van der Waals surface area (Å²) in [4.78, 5) is 0. The van der Waals surface area contributed by atoms with E-state index in [0.717, 1.165) is 23.9 Å². The van der Waals surface area contributed by atoms with Crippen LogP contribution in [-0.2, 0) is 5.75 Å². The van der Waals surface area contributed by atoms with Gasteiger partial charge in [0.25, 0.3) is 0 Å². The third kappa shape index (κ3) is 5.07. The summed E-state index contributed by atoms with van der Waals surface area (Å²) in [6.07, 6.45) is 0.986. The van der Waals surface area contributed by atoms with Gasteiger partial charge in [-0.2, -0.15) is 5.10 Å². The van der Waals surface area contributed by atoms with Gasteiger partial charge in [0.15, 0.2) is 5.17 Å². The number of nitrogens with zero attached hydrogens (tertiary/aromatic N) is 2. The Kier molecular flexibility index (Phi) is 6.10. The highest BCUT2D eigenvalue weighted by molar-refractivity contribution is 8.13. The molecule has 0 bridgehead atoms. The van der Waals surface area contributed by atoms with Crippen molar-refractivity contribution in [2.45, 2.75) is 5.75 Å². The molecule has 0 fully saturated rings. The van der Waals surface area contributed by atoms with Gasteiger partial charge in [-0.3, -0.25) is 0 Å². The molecule has 2 aromatic carbocycles. The van der Waals surface area contributed by atoms with Gasteiger partial charge in [0.2, 0.25) is 0 Å². The van der Waals surface area contributed by atoms with Crippen LogP contribution < -0.4 is 10.5 Å². The third-order valence-corrected chi connectivity index (χ3v) is 3.72. The normalized spacial score (nSPS) is 11.9. The zero-order valence-electron chi connectivity index (χ0n) is 12.4. The van der Waals surface area contributed by atoms with E-state index < -0.39 is 11.6 Å². The van der Waals surface area contributed by atoms with Crippen molar-refractivity contribution >= 4 is 23.1 Å². The lowest BCUT2D eigenvalue weighted by Gasteiger charge is -2.03. The molecule has 0 aromatic heterocycles. The maximum absolute atomic E-state index is 13.7. The number of ether oxygens (including phenoxy) is 1. The van der Waals surface area contributed by atoms with Crippen molar-refractivity contribution in [1.82, 2.24) is 0 Å². The molecule has 0 saturated carbocycles. The molecule has 0 aliphatic rings. The quantitative estimate of drug-likeness (QED) is 0.516. The summed E-state index contributed by atoms with van der Waals surface area (Å²) in [5.41, 5.74) is 6.49. The van der Waals surface area contributed by atoms with Crippen LogP contribution in [0.25, 0.3) is 0 Å². The number of nitrogens with two attached hydrogens (primary N) is 1. The molecule has 120 valence electrons. The lowest BCUT2D eigenvalue weighted by Crippen LogP contribution is -2.06. The first kappa shape index (κ1) is 17.0. The molecule has 0 heterocycles. The number of thioether (sulfide) groups is 1. The van der Waals surface area contributed by atoms with Crippen molar-refractivity contribution in [2.75, 3.05) is 7.11 Å². The molecule has 0 amide bonds. The van der Waals surface area contributed by atoms with E-state index in [9.17, 15) is 8.78 Å².